The van der Waals surface area contributed by atoms with E-state index < -0.39 is 15.2 Å². The summed E-state index contributed by atoms with van der Waals surface area (Å²) in [5.41, 5.74) is 0. The normalized spacial score (nSPS) is 3.20. The van der Waals surface area contributed by atoms with Crippen molar-refractivity contribution in [2.45, 2.75) is 0 Å². The fraction of sp³-hybridized carbons (Fsp3) is 0. The van der Waals surface area contributed by atoms with E-state index in [9.17, 15) is 0 Å². The van der Waals surface area contributed by atoms with Crippen molar-refractivity contribution < 1.29 is 25.7 Å². The maximum atomic E-state index is 9.01. The third-order valence-electron chi connectivity index (χ3n) is 0.0556. The first-order valence-electron chi connectivity index (χ1n) is 0.805. The Kier molecular flexibility index (Phi) is 16.1. The van der Waals surface area contributed by atoms with Gasteiger partial charge in [-0.3, -0.25) is 0 Å². The number of carbonyl (C=O) groups is 1. The summed E-state index contributed by atoms with van der Waals surface area (Å²) in [6.07, 6.45) is 0. The van der Waals surface area contributed by atoms with Gasteiger partial charge < -0.3 is 0 Å². The van der Waals surface area contributed by atoms with Gasteiger partial charge in [-0.15, -0.1) is 0 Å². The van der Waals surface area contributed by atoms with Crippen molar-refractivity contribution >= 4 is 20.3 Å². The smallest absolute Gasteiger partial charge is 0 e. The maximum absolute atomic E-state index is 9.01. The Balaban J connectivity index is 0. The summed E-state index contributed by atoms with van der Waals surface area (Å²) in [6.45, 7) is 0. The van der Waals surface area contributed by atoms with Gasteiger partial charge in [0.15, 0.2) is 0 Å². The third kappa shape index (κ3) is 12.4. The zero-order chi connectivity index (χ0) is 3.41. The largest absolute Gasteiger partial charge is 0 e. The van der Waals surface area contributed by atoms with E-state index in [2.05, 4.69) is 0 Å². The molecule has 0 spiro atoms. The van der Waals surface area contributed by atoms with E-state index in [1.54, 1.807) is 0 Å². The summed E-state index contributed by atoms with van der Waals surface area (Å²) in [5.74, 6) is 0. The third-order valence-corrected chi connectivity index (χ3v) is 0.167. The van der Waals surface area contributed by atoms with Gasteiger partial charge in [0, 0.05) is 17.1 Å². The molecule has 28 valence electrons. The summed E-state index contributed by atoms with van der Waals surface area (Å²) < 4.78 is 9.01. The van der Waals surface area contributed by atoms with E-state index in [1.165, 1.54) is 0 Å². The molecule has 0 unspecified atom stereocenters. The number of carbonyl (C=O) groups excluding carboxylic acids is 1. The minimum Gasteiger partial charge on any atom is 0 e. The van der Waals surface area contributed by atoms with Crippen LogP contribution in [0.5, 0.6) is 0 Å². The van der Waals surface area contributed by atoms with Crippen molar-refractivity contribution in [2.75, 3.05) is 0 Å². The van der Waals surface area contributed by atoms with Gasteiger partial charge in [-0.2, -0.15) is 0 Å². The molecular formula is CHAlFeO2. The molecule has 0 aliphatic heterocycles. The van der Waals surface area contributed by atoms with Gasteiger partial charge in [-0.05, 0) is 0 Å². The minimum absolute atomic E-state index is 0. The van der Waals surface area contributed by atoms with Crippen LogP contribution in [0, 0.1) is 0 Å². The first-order chi connectivity index (χ1) is 1.91. The molecule has 0 aliphatic carbocycles. The maximum Gasteiger partial charge on any atom is 0 e. The van der Waals surface area contributed by atoms with E-state index in [4.69, 9.17) is 8.60 Å². The molecule has 0 amide bonds. The van der Waals surface area contributed by atoms with Gasteiger partial charge >= 0.3 is 28.9 Å². The Morgan fingerprint density at radius 2 is 1.80 bits per heavy atom. The van der Waals surface area contributed by atoms with E-state index in [0.717, 1.165) is 0 Å². The molecule has 0 saturated carbocycles. The second kappa shape index (κ2) is 8.82. The fourth-order valence-electron chi connectivity index (χ4n) is 0. The molecule has 5 heavy (non-hydrogen) atoms. The van der Waals surface area contributed by atoms with Crippen LogP contribution in [0.2, 0.25) is 0 Å². The van der Waals surface area contributed by atoms with Crippen molar-refractivity contribution in [3.05, 3.63) is 0 Å². The van der Waals surface area contributed by atoms with Crippen molar-refractivity contribution in [3.8, 4) is 0 Å². The van der Waals surface area contributed by atoms with Crippen LogP contribution in [0.15, 0.2) is 0 Å². The average Bonchev–Trinajstić information content (AvgIpc) is 1.37. The van der Waals surface area contributed by atoms with Crippen LogP contribution in [-0.4, -0.2) is 20.3 Å². The molecule has 0 radical (unpaired) electrons. The predicted octanol–water partition coefficient (Wildman–Crippen LogP) is -0.776. The summed E-state index contributed by atoms with van der Waals surface area (Å²) in [5, 5.41) is 0.403. The first-order valence-corrected chi connectivity index (χ1v) is 1.94. The zero-order valence-electron chi connectivity index (χ0n) is 2.32. The molecule has 0 aromatic heterocycles. The van der Waals surface area contributed by atoms with Gasteiger partial charge in [0.05, 0.1) is 0 Å². The Labute approximate surface area is 46.3 Å². The molecular weight excluding hydrogens is 127 g/mol. The summed E-state index contributed by atoms with van der Waals surface area (Å²) in [6, 6.07) is 0. The van der Waals surface area contributed by atoms with Gasteiger partial charge in [0.25, 0.3) is 0 Å². The molecule has 0 aliphatic rings. The van der Waals surface area contributed by atoms with Crippen molar-refractivity contribution in [1.29, 1.82) is 0 Å². The van der Waals surface area contributed by atoms with E-state index in [0.29, 0.717) is 5.15 Å². The SMILES string of the molecule is O=[CH][Al]=[O].[Fe]. The van der Waals surface area contributed by atoms with Crippen LogP contribution >= 0.6 is 0 Å². The van der Waals surface area contributed by atoms with Crippen LogP contribution in [0.1, 0.15) is 0 Å². The number of rotatable bonds is 1. The summed E-state index contributed by atoms with van der Waals surface area (Å²) >= 11 is -1.15. The summed E-state index contributed by atoms with van der Waals surface area (Å²) in [4.78, 5) is 8.90. The average molecular weight is 128 g/mol. The van der Waals surface area contributed by atoms with Crippen LogP contribution in [-0.2, 0) is 25.7 Å². The van der Waals surface area contributed by atoms with E-state index in [-0.39, 0.29) is 17.1 Å². The Morgan fingerprint density at radius 3 is 1.80 bits per heavy atom. The van der Waals surface area contributed by atoms with Crippen LogP contribution < -0.4 is 0 Å². The second-order valence-electron chi connectivity index (χ2n) is 0.272. The Hall–Kier alpha value is 0.522. The quantitative estimate of drug-likeness (QED) is 0.343. The molecule has 0 atom stereocenters. The second-order valence-corrected chi connectivity index (χ2v) is 0.816. The van der Waals surface area contributed by atoms with Crippen molar-refractivity contribution in [2.24, 2.45) is 0 Å². The predicted molar refractivity (Wildman–Crippen MR) is 13.2 cm³/mol. The summed E-state index contributed by atoms with van der Waals surface area (Å²) in [7, 11) is 0. The van der Waals surface area contributed by atoms with Gasteiger partial charge in [-0.1, -0.05) is 0 Å². The Bertz CT molecular complexity index is 30.6. The molecule has 4 heteroatoms. The monoisotopic (exact) mass is 128 g/mol. The fourth-order valence-corrected chi connectivity index (χ4v) is 0. The van der Waals surface area contributed by atoms with E-state index in [1.807, 2.05) is 0 Å². The van der Waals surface area contributed by atoms with Crippen LogP contribution in [0.3, 0.4) is 0 Å². The van der Waals surface area contributed by atoms with Crippen molar-refractivity contribution in [1.82, 2.24) is 0 Å². The molecule has 2 nitrogen and oxygen atoms in total. The van der Waals surface area contributed by atoms with Crippen molar-refractivity contribution in [3.63, 3.8) is 0 Å². The molecule has 0 bridgehead atoms. The molecule has 0 fully saturated rings. The topological polar surface area (TPSA) is 34.1 Å². The van der Waals surface area contributed by atoms with Gasteiger partial charge in [-0.25, -0.2) is 0 Å². The number of hydrogen-bond acceptors (Lipinski definition) is 2. The van der Waals surface area contributed by atoms with Gasteiger partial charge in [0.1, 0.15) is 0 Å². The molecule has 0 heterocycles. The molecule has 0 N–H and O–H groups in total. The Morgan fingerprint density at radius 1 is 1.60 bits per heavy atom. The van der Waals surface area contributed by atoms with E-state index >= 15 is 0 Å². The molecule has 0 aromatic rings. The van der Waals surface area contributed by atoms with Crippen LogP contribution in [0.25, 0.3) is 0 Å². The number of hydrogen-bond donors (Lipinski definition) is 0. The minimum atomic E-state index is -1.15. The van der Waals surface area contributed by atoms with Crippen LogP contribution in [0.4, 0.5) is 0 Å². The van der Waals surface area contributed by atoms with Gasteiger partial charge in [0.2, 0.25) is 0 Å². The molecule has 0 aromatic carbocycles. The standard InChI is InChI=1S/CHO.Al.Fe.O/c1-2;;;/h1H;;;. The zero-order valence-corrected chi connectivity index (χ0v) is 4.58. The molecule has 0 rings (SSSR count). The first kappa shape index (κ1) is 9.10. The molecule has 0 saturated heterocycles.